The van der Waals surface area contributed by atoms with Crippen molar-refractivity contribution in [2.24, 2.45) is 28.6 Å². The number of rotatable bonds is 2. The Balaban J connectivity index is 2.08. The van der Waals surface area contributed by atoms with Crippen molar-refractivity contribution in [1.29, 1.82) is 0 Å². The van der Waals surface area contributed by atoms with Crippen LogP contribution in [0.1, 0.15) is 73.1 Å². The summed E-state index contributed by atoms with van der Waals surface area (Å²) in [5, 5.41) is 0. The minimum absolute atomic E-state index is 0.137. The minimum Gasteiger partial charge on any atom is -0.102 e. The first-order valence-electron chi connectivity index (χ1n) is 8.57. The first kappa shape index (κ1) is 17.1. The summed E-state index contributed by atoms with van der Waals surface area (Å²) in [4.78, 5) is 2.22. The molecule has 0 heterocycles. The predicted octanol–water partition coefficient (Wildman–Crippen LogP) is 6.56. The second kappa shape index (κ2) is 6.49. The standard InChI is InChI=1S/C20H31Br/c1-15(8-6-12-19(2,3)4)17-10-11-18-16(14-21)9-7-13-20(17,18)5/h14-15,17-18H,7-11,13H2,1-5H3/b16-14+/t15-,17-,18+,20-/m1/s1. The van der Waals surface area contributed by atoms with Gasteiger partial charge in [-0.1, -0.05) is 41.3 Å². The molecule has 2 aliphatic carbocycles. The van der Waals surface area contributed by atoms with E-state index in [1.54, 1.807) is 5.57 Å². The molecule has 0 aromatic rings. The second-order valence-electron chi connectivity index (χ2n) is 8.51. The van der Waals surface area contributed by atoms with E-state index in [0.29, 0.717) is 5.41 Å². The molecule has 2 fully saturated rings. The lowest BCUT2D eigenvalue weighted by atomic mass is 9.61. The van der Waals surface area contributed by atoms with Gasteiger partial charge in [0.05, 0.1) is 0 Å². The highest BCUT2D eigenvalue weighted by Gasteiger charge is 2.50. The molecule has 2 saturated carbocycles. The summed E-state index contributed by atoms with van der Waals surface area (Å²) in [6.45, 7) is 11.6. The normalized spacial score (nSPS) is 36.0. The molecule has 0 amide bonds. The maximum absolute atomic E-state index is 3.61. The van der Waals surface area contributed by atoms with E-state index in [1.807, 2.05) is 0 Å². The molecule has 2 aliphatic rings. The van der Waals surface area contributed by atoms with Gasteiger partial charge in [0, 0.05) is 11.8 Å². The number of hydrogen-bond acceptors (Lipinski definition) is 0. The van der Waals surface area contributed by atoms with Crippen LogP contribution in [0.4, 0.5) is 0 Å². The molecule has 0 aliphatic heterocycles. The maximum Gasteiger partial charge on any atom is 0.0230 e. The summed E-state index contributed by atoms with van der Waals surface area (Å²) in [7, 11) is 0. The Hall–Kier alpha value is -0.220. The van der Waals surface area contributed by atoms with Crippen molar-refractivity contribution in [2.45, 2.75) is 73.1 Å². The largest absolute Gasteiger partial charge is 0.102 e. The number of allylic oxidation sites excluding steroid dienone is 1. The molecule has 0 N–H and O–H groups in total. The van der Waals surface area contributed by atoms with Crippen LogP contribution >= 0.6 is 15.9 Å². The molecule has 0 spiro atoms. The van der Waals surface area contributed by atoms with Crippen molar-refractivity contribution < 1.29 is 0 Å². The third-order valence-electron chi connectivity index (χ3n) is 5.75. The predicted molar refractivity (Wildman–Crippen MR) is 96.2 cm³/mol. The fourth-order valence-corrected chi connectivity index (χ4v) is 5.31. The topological polar surface area (TPSA) is 0 Å². The fraction of sp³-hybridized carbons (Fsp3) is 0.800. The summed E-state index contributed by atoms with van der Waals surface area (Å²) in [5.74, 6) is 9.26. The Bertz CT molecular complexity index is 456. The minimum atomic E-state index is 0.137. The average Bonchev–Trinajstić information content (AvgIpc) is 2.73. The van der Waals surface area contributed by atoms with Gasteiger partial charge >= 0.3 is 0 Å². The number of halogens is 1. The Morgan fingerprint density at radius 1 is 1.38 bits per heavy atom. The Morgan fingerprint density at radius 3 is 2.71 bits per heavy atom. The lowest BCUT2D eigenvalue weighted by Gasteiger charge is -2.44. The lowest BCUT2D eigenvalue weighted by Crippen LogP contribution is -2.35. The van der Waals surface area contributed by atoms with Gasteiger partial charge in [-0.15, -0.1) is 5.92 Å². The van der Waals surface area contributed by atoms with Gasteiger partial charge in [-0.3, -0.25) is 0 Å². The van der Waals surface area contributed by atoms with Crippen LogP contribution in [0.2, 0.25) is 0 Å². The highest BCUT2D eigenvalue weighted by atomic mass is 79.9. The van der Waals surface area contributed by atoms with Crippen molar-refractivity contribution in [3.63, 3.8) is 0 Å². The molecule has 0 radical (unpaired) electrons. The molecule has 2 rings (SSSR count). The third-order valence-corrected chi connectivity index (χ3v) is 6.34. The first-order valence-corrected chi connectivity index (χ1v) is 9.48. The molecule has 0 saturated heterocycles. The van der Waals surface area contributed by atoms with Gasteiger partial charge < -0.3 is 0 Å². The molecule has 4 atom stereocenters. The van der Waals surface area contributed by atoms with E-state index in [4.69, 9.17) is 0 Å². The first-order chi connectivity index (χ1) is 9.78. The van der Waals surface area contributed by atoms with Gasteiger partial charge in [0.15, 0.2) is 0 Å². The summed E-state index contributed by atoms with van der Waals surface area (Å²) in [6, 6.07) is 0. The highest BCUT2D eigenvalue weighted by Crippen LogP contribution is 2.59. The van der Waals surface area contributed by atoms with Gasteiger partial charge in [0.1, 0.15) is 0 Å². The quantitative estimate of drug-likeness (QED) is 0.494. The van der Waals surface area contributed by atoms with Gasteiger partial charge in [-0.25, -0.2) is 0 Å². The molecule has 0 aromatic heterocycles. The molecule has 0 nitrogen and oxygen atoms in total. The summed E-state index contributed by atoms with van der Waals surface area (Å²) >= 11 is 3.61. The van der Waals surface area contributed by atoms with Crippen molar-refractivity contribution in [3.05, 3.63) is 10.6 Å². The smallest absolute Gasteiger partial charge is 0.0230 e. The van der Waals surface area contributed by atoms with E-state index in [1.165, 1.54) is 32.1 Å². The van der Waals surface area contributed by atoms with E-state index >= 15 is 0 Å². The fourth-order valence-electron chi connectivity index (χ4n) is 4.76. The molecular weight excluding hydrogens is 320 g/mol. The Labute approximate surface area is 140 Å². The van der Waals surface area contributed by atoms with Gasteiger partial charge in [0.2, 0.25) is 0 Å². The lowest BCUT2D eigenvalue weighted by molar-refractivity contribution is 0.0994. The monoisotopic (exact) mass is 350 g/mol. The van der Waals surface area contributed by atoms with Crippen LogP contribution in [0.25, 0.3) is 0 Å². The zero-order chi connectivity index (χ0) is 15.7. The highest BCUT2D eigenvalue weighted by molar-refractivity contribution is 9.11. The van der Waals surface area contributed by atoms with E-state index in [-0.39, 0.29) is 5.41 Å². The van der Waals surface area contributed by atoms with Crippen molar-refractivity contribution >= 4 is 15.9 Å². The zero-order valence-corrected chi connectivity index (χ0v) is 16.0. The van der Waals surface area contributed by atoms with E-state index in [2.05, 4.69) is 67.4 Å². The second-order valence-corrected chi connectivity index (χ2v) is 8.97. The zero-order valence-electron chi connectivity index (χ0n) is 14.4. The van der Waals surface area contributed by atoms with Crippen LogP contribution < -0.4 is 0 Å². The molecule has 21 heavy (non-hydrogen) atoms. The van der Waals surface area contributed by atoms with Gasteiger partial charge in [0.25, 0.3) is 0 Å². The van der Waals surface area contributed by atoms with Crippen molar-refractivity contribution in [2.75, 3.05) is 0 Å². The van der Waals surface area contributed by atoms with Crippen LogP contribution in [0.3, 0.4) is 0 Å². The van der Waals surface area contributed by atoms with Crippen molar-refractivity contribution in [3.8, 4) is 11.8 Å². The van der Waals surface area contributed by atoms with Gasteiger partial charge in [-0.05, 0) is 81.0 Å². The van der Waals surface area contributed by atoms with Crippen LogP contribution in [0.5, 0.6) is 0 Å². The molecule has 0 unspecified atom stereocenters. The summed E-state index contributed by atoms with van der Waals surface area (Å²) in [6.07, 6.45) is 7.92. The molecule has 0 bridgehead atoms. The third kappa shape index (κ3) is 3.76. The Morgan fingerprint density at radius 2 is 2.10 bits per heavy atom. The molecule has 0 aromatic carbocycles. The van der Waals surface area contributed by atoms with Crippen molar-refractivity contribution in [1.82, 2.24) is 0 Å². The van der Waals surface area contributed by atoms with E-state index in [9.17, 15) is 0 Å². The molecule has 1 heteroatoms. The molecule has 118 valence electrons. The summed E-state index contributed by atoms with van der Waals surface area (Å²) < 4.78 is 0. The van der Waals surface area contributed by atoms with E-state index in [0.717, 1.165) is 24.2 Å². The van der Waals surface area contributed by atoms with Crippen LogP contribution in [0.15, 0.2) is 10.6 Å². The number of fused-ring (bicyclic) bond motifs is 1. The Kier molecular flexibility index (Phi) is 5.30. The summed E-state index contributed by atoms with van der Waals surface area (Å²) in [5.41, 5.74) is 2.32. The maximum atomic E-state index is 3.61. The SMILES string of the molecule is C[C@H](CC#CC(C)(C)C)[C@H]1CC[C@H]2/C(=C/Br)CCC[C@]12C. The average molecular weight is 351 g/mol. The van der Waals surface area contributed by atoms with E-state index < -0.39 is 0 Å². The number of hydrogen-bond donors (Lipinski definition) is 0. The van der Waals surface area contributed by atoms with Crippen LogP contribution in [-0.2, 0) is 0 Å². The van der Waals surface area contributed by atoms with Crippen LogP contribution in [-0.4, -0.2) is 0 Å². The van der Waals surface area contributed by atoms with Crippen LogP contribution in [0, 0.1) is 40.4 Å². The molecular formula is C20H31Br. The van der Waals surface area contributed by atoms with Gasteiger partial charge in [-0.2, -0.15) is 0 Å².